The zero-order valence-corrected chi connectivity index (χ0v) is 43.5. The number of ether oxygens (including phenoxy) is 1. The van der Waals surface area contributed by atoms with Gasteiger partial charge < -0.3 is 20.3 Å². The van der Waals surface area contributed by atoms with Gasteiger partial charge in [0.15, 0.2) is 0 Å². The van der Waals surface area contributed by atoms with Gasteiger partial charge in [-0.25, -0.2) is 0 Å². The molecule has 0 saturated carbocycles. The molecule has 0 heterocycles. The number of carbonyl (C=O) groups is 2. The van der Waals surface area contributed by atoms with Crippen molar-refractivity contribution >= 4 is 11.9 Å². The summed E-state index contributed by atoms with van der Waals surface area (Å²) < 4.78 is 5.47. The molecule has 0 aliphatic rings. The van der Waals surface area contributed by atoms with E-state index in [-0.39, 0.29) is 18.5 Å². The summed E-state index contributed by atoms with van der Waals surface area (Å²) in [5.41, 5.74) is 0. The Morgan fingerprint density at radius 2 is 0.769 bits per heavy atom. The third-order valence-corrected chi connectivity index (χ3v) is 13.2. The van der Waals surface area contributed by atoms with Crippen LogP contribution in [0.5, 0.6) is 0 Å². The third-order valence-electron chi connectivity index (χ3n) is 13.2. The molecule has 2 unspecified atom stereocenters. The minimum atomic E-state index is -0.670. The lowest BCUT2D eigenvalue weighted by Gasteiger charge is -2.22. The van der Waals surface area contributed by atoms with E-state index >= 15 is 0 Å². The van der Waals surface area contributed by atoms with Gasteiger partial charge in [-0.15, -0.1) is 0 Å². The number of aliphatic hydroxyl groups is 2. The second-order valence-corrected chi connectivity index (χ2v) is 19.6. The van der Waals surface area contributed by atoms with Crippen LogP contribution in [0.25, 0.3) is 0 Å². The Hall–Kier alpha value is -1.92. The Balaban J connectivity index is 3.45. The first kappa shape index (κ1) is 63.1. The maximum atomic E-state index is 12.5. The number of hydrogen-bond acceptors (Lipinski definition) is 5. The molecule has 0 radical (unpaired) electrons. The predicted molar refractivity (Wildman–Crippen MR) is 283 cm³/mol. The topological polar surface area (TPSA) is 95.9 Å². The molecule has 6 heteroatoms. The van der Waals surface area contributed by atoms with Crippen molar-refractivity contribution in [2.24, 2.45) is 0 Å². The summed E-state index contributed by atoms with van der Waals surface area (Å²) >= 11 is 0. The lowest BCUT2D eigenvalue weighted by molar-refractivity contribution is -0.143. The number of amides is 1. The van der Waals surface area contributed by atoms with Crippen molar-refractivity contribution < 1.29 is 24.5 Å². The molecule has 0 aromatic rings. The zero-order valence-electron chi connectivity index (χ0n) is 43.5. The molecular formula is C59H111NO5. The maximum Gasteiger partial charge on any atom is 0.305 e. The van der Waals surface area contributed by atoms with Crippen LogP contribution in [-0.4, -0.2) is 47.4 Å². The summed E-state index contributed by atoms with van der Waals surface area (Å²) in [6.45, 7) is 4.91. The fourth-order valence-corrected chi connectivity index (χ4v) is 8.72. The Labute approximate surface area is 404 Å². The van der Waals surface area contributed by atoms with Crippen molar-refractivity contribution in [3.8, 4) is 0 Å². The van der Waals surface area contributed by atoms with E-state index in [0.717, 1.165) is 57.8 Å². The van der Waals surface area contributed by atoms with Crippen LogP contribution in [0.15, 0.2) is 36.5 Å². The van der Waals surface area contributed by atoms with E-state index < -0.39 is 12.1 Å². The minimum Gasteiger partial charge on any atom is -0.466 e. The lowest BCUT2D eigenvalue weighted by Crippen LogP contribution is -2.45. The van der Waals surface area contributed by atoms with Crippen LogP contribution in [-0.2, 0) is 14.3 Å². The van der Waals surface area contributed by atoms with E-state index in [2.05, 4.69) is 55.6 Å². The summed E-state index contributed by atoms with van der Waals surface area (Å²) in [6.07, 6.45) is 67.0. The van der Waals surface area contributed by atoms with Crippen molar-refractivity contribution in [2.45, 2.75) is 315 Å². The summed E-state index contributed by atoms with van der Waals surface area (Å²) in [7, 11) is 0. The number of carbonyl (C=O) groups excluding carboxylic acids is 2. The van der Waals surface area contributed by atoms with Crippen molar-refractivity contribution in [1.29, 1.82) is 0 Å². The fourth-order valence-electron chi connectivity index (χ4n) is 8.72. The molecule has 0 aliphatic carbocycles. The Kier molecular flexibility index (Phi) is 53.1. The summed E-state index contributed by atoms with van der Waals surface area (Å²) in [4.78, 5) is 24.5. The molecule has 1 amide bonds. The van der Waals surface area contributed by atoms with Gasteiger partial charge in [-0.1, -0.05) is 243 Å². The van der Waals surface area contributed by atoms with Gasteiger partial charge in [-0.05, 0) is 83.5 Å². The molecule has 0 aliphatic heterocycles. The lowest BCUT2D eigenvalue weighted by atomic mass is 10.0. The van der Waals surface area contributed by atoms with Crippen LogP contribution in [0.1, 0.15) is 303 Å². The molecule has 0 spiro atoms. The van der Waals surface area contributed by atoms with E-state index in [1.165, 1.54) is 212 Å². The monoisotopic (exact) mass is 914 g/mol. The van der Waals surface area contributed by atoms with Gasteiger partial charge in [0.1, 0.15) is 0 Å². The molecule has 0 saturated heterocycles. The minimum absolute atomic E-state index is 0.0102. The van der Waals surface area contributed by atoms with E-state index in [1.807, 2.05) is 0 Å². The van der Waals surface area contributed by atoms with Crippen molar-refractivity contribution in [3.05, 3.63) is 36.5 Å². The molecule has 6 nitrogen and oxygen atoms in total. The summed E-state index contributed by atoms with van der Waals surface area (Å²) in [6, 6.07) is -0.549. The van der Waals surface area contributed by atoms with Crippen molar-refractivity contribution in [1.82, 2.24) is 5.32 Å². The first-order valence-electron chi connectivity index (χ1n) is 28.7. The van der Waals surface area contributed by atoms with Gasteiger partial charge in [-0.3, -0.25) is 9.59 Å². The molecule has 3 N–H and O–H groups in total. The predicted octanol–water partition coefficient (Wildman–Crippen LogP) is 17.6. The summed E-state index contributed by atoms with van der Waals surface area (Å²) in [5.74, 6) is -0.0549. The summed E-state index contributed by atoms with van der Waals surface area (Å²) in [5, 5.41) is 23.2. The Morgan fingerprint density at radius 1 is 0.431 bits per heavy atom. The van der Waals surface area contributed by atoms with E-state index in [0.29, 0.717) is 25.9 Å². The number of allylic oxidation sites excluding steroid dienone is 6. The first-order valence-corrected chi connectivity index (χ1v) is 28.7. The highest BCUT2D eigenvalue weighted by Gasteiger charge is 2.20. The molecule has 0 aromatic carbocycles. The molecule has 0 fully saturated rings. The highest BCUT2D eigenvalue weighted by Crippen LogP contribution is 2.16. The second-order valence-electron chi connectivity index (χ2n) is 19.6. The van der Waals surface area contributed by atoms with Crippen LogP contribution >= 0.6 is 0 Å². The smallest absolute Gasteiger partial charge is 0.305 e. The first-order chi connectivity index (χ1) is 32.0. The third kappa shape index (κ3) is 51.3. The largest absolute Gasteiger partial charge is 0.466 e. The SMILES string of the molecule is CCCCC/C=C\C/C=C\CCCCCCCC(=O)OCCCCCCCCCC/C=C\CCCCCCCCCC(=O)NC(CO)C(O)CCCCCCCCCCCCCCCC. The maximum absolute atomic E-state index is 12.5. The number of aliphatic hydroxyl groups excluding tert-OH is 2. The average Bonchev–Trinajstić information content (AvgIpc) is 3.31. The number of rotatable bonds is 53. The van der Waals surface area contributed by atoms with Crippen LogP contribution in [0.3, 0.4) is 0 Å². The Morgan fingerprint density at radius 3 is 1.22 bits per heavy atom. The van der Waals surface area contributed by atoms with E-state index in [1.54, 1.807) is 0 Å². The molecular weight excluding hydrogens is 803 g/mol. The molecule has 0 rings (SSSR count). The fraction of sp³-hybridized carbons (Fsp3) is 0.864. The van der Waals surface area contributed by atoms with Gasteiger partial charge >= 0.3 is 5.97 Å². The van der Waals surface area contributed by atoms with Gasteiger partial charge in [0.25, 0.3) is 0 Å². The number of unbranched alkanes of at least 4 members (excludes halogenated alkanes) is 36. The van der Waals surface area contributed by atoms with Crippen LogP contribution < -0.4 is 5.32 Å². The number of esters is 1. The van der Waals surface area contributed by atoms with Gasteiger partial charge in [0.05, 0.1) is 25.4 Å². The van der Waals surface area contributed by atoms with E-state index in [9.17, 15) is 19.8 Å². The molecule has 382 valence electrons. The average molecular weight is 915 g/mol. The van der Waals surface area contributed by atoms with E-state index in [4.69, 9.17) is 4.74 Å². The van der Waals surface area contributed by atoms with Gasteiger partial charge in [0.2, 0.25) is 5.91 Å². The van der Waals surface area contributed by atoms with Crippen LogP contribution in [0.4, 0.5) is 0 Å². The number of hydrogen-bond donors (Lipinski definition) is 3. The van der Waals surface area contributed by atoms with Crippen molar-refractivity contribution in [2.75, 3.05) is 13.2 Å². The van der Waals surface area contributed by atoms with Crippen molar-refractivity contribution in [3.63, 3.8) is 0 Å². The van der Waals surface area contributed by atoms with Gasteiger partial charge in [-0.2, -0.15) is 0 Å². The molecule has 0 bridgehead atoms. The van der Waals surface area contributed by atoms with Gasteiger partial charge in [0, 0.05) is 12.8 Å². The molecule has 2 atom stereocenters. The number of nitrogens with one attached hydrogen (secondary N) is 1. The second kappa shape index (κ2) is 54.7. The molecule has 65 heavy (non-hydrogen) atoms. The highest BCUT2D eigenvalue weighted by atomic mass is 16.5. The van der Waals surface area contributed by atoms with Crippen LogP contribution in [0, 0.1) is 0 Å². The Bertz CT molecular complexity index is 1060. The zero-order chi connectivity index (χ0) is 47.2. The quantitative estimate of drug-likeness (QED) is 0.0321. The normalized spacial score (nSPS) is 12.9. The molecule has 0 aromatic heterocycles. The van der Waals surface area contributed by atoms with Crippen LogP contribution in [0.2, 0.25) is 0 Å². The standard InChI is InChI=1S/C59H111NO5/c1-3-5-7-9-11-13-15-17-24-29-33-37-41-45-49-53-59(64)65-54-50-46-42-38-34-30-26-23-21-19-20-22-25-28-32-36-40-44-48-52-58(63)60-56(55-61)57(62)51-47-43-39-35-31-27-18-16-14-12-10-8-6-4-2/h11,13,17,19-20,24,56-57,61-62H,3-10,12,14-16,18,21-23,25-55H2,1-2H3,(H,60,63)/b13-11-,20-19-,24-17-. The highest BCUT2D eigenvalue weighted by molar-refractivity contribution is 5.76.